The average molecular weight is 307 g/mol. The lowest BCUT2D eigenvalue weighted by molar-refractivity contribution is -0.140. The lowest BCUT2D eigenvalue weighted by Crippen LogP contribution is -2.08. The van der Waals surface area contributed by atoms with Gasteiger partial charge in [-0.05, 0) is 13.5 Å². The van der Waals surface area contributed by atoms with Gasteiger partial charge in [0, 0.05) is 17.0 Å². The van der Waals surface area contributed by atoms with Crippen LogP contribution >= 0.6 is 15.9 Å². The zero-order valence-electron chi connectivity index (χ0n) is 9.82. The van der Waals surface area contributed by atoms with Gasteiger partial charge in [0.2, 0.25) is 0 Å². The van der Waals surface area contributed by atoms with Crippen LogP contribution in [0.25, 0.3) is 0 Å². The van der Waals surface area contributed by atoms with E-state index < -0.39 is 11.9 Å². The molecule has 0 atom stereocenters. The molecule has 0 aliphatic heterocycles. The Labute approximate surface area is 109 Å². The van der Waals surface area contributed by atoms with Gasteiger partial charge in [0.25, 0.3) is 0 Å². The molecule has 0 aliphatic rings. The fourth-order valence-electron chi connectivity index (χ4n) is 0.828. The first-order valence-electron chi connectivity index (χ1n) is 4.94. The highest BCUT2D eigenvalue weighted by molar-refractivity contribution is 9.11. The van der Waals surface area contributed by atoms with Crippen LogP contribution in [0.5, 0.6) is 0 Å². The molecule has 0 aromatic heterocycles. The van der Waals surface area contributed by atoms with Crippen LogP contribution in [0.3, 0.4) is 0 Å². The van der Waals surface area contributed by atoms with E-state index in [4.69, 9.17) is 9.47 Å². The Kier molecular flexibility index (Phi) is 8.13. The van der Waals surface area contributed by atoms with Crippen LogP contribution in [-0.2, 0) is 23.8 Å². The van der Waals surface area contributed by atoms with Crippen molar-refractivity contribution in [1.29, 1.82) is 0 Å². The Hall–Kier alpha value is -1.30. The Bertz CT molecular complexity index is 322. The van der Waals surface area contributed by atoms with Crippen molar-refractivity contribution in [1.82, 2.24) is 0 Å². The second-order valence-electron chi connectivity index (χ2n) is 2.86. The second-order valence-corrected chi connectivity index (χ2v) is 3.88. The molecule has 0 spiro atoms. The third kappa shape index (κ3) is 7.57. The van der Waals surface area contributed by atoms with Gasteiger partial charge in [-0.15, -0.1) is 0 Å². The van der Waals surface area contributed by atoms with Crippen molar-refractivity contribution >= 4 is 27.9 Å². The van der Waals surface area contributed by atoms with Crippen LogP contribution in [0.1, 0.15) is 13.3 Å². The summed E-state index contributed by atoms with van der Waals surface area (Å²) in [6, 6.07) is 0. The standard InChI is InChI=1S/C11H15BrO5/c1-4-16-10(13)7-9(12)5-6-17-8(2)11(14)15-3/h7H,2,4-6H2,1,3H3/b9-7-. The van der Waals surface area contributed by atoms with Gasteiger partial charge in [0.05, 0.1) is 20.3 Å². The summed E-state index contributed by atoms with van der Waals surface area (Å²) in [5.74, 6) is -1.11. The van der Waals surface area contributed by atoms with Gasteiger partial charge in [-0.2, -0.15) is 0 Å². The molecule has 0 heterocycles. The van der Waals surface area contributed by atoms with Crippen molar-refractivity contribution in [3.63, 3.8) is 0 Å². The molecule has 0 unspecified atom stereocenters. The predicted octanol–water partition coefficient (Wildman–Crippen LogP) is 1.92. The van der Waals surface area contributed by atoms with Crippen LogP contribution < -0.4 is 0 Å². The maximum atomic E-state index is 11.0. The van der Waals surface area contributed by atoms with Crippen LogP contribution in [0.15, 0.2) is 22.9 Å². The summed E-state index contributed by atoms with van der Waals surface area (Å²) in [5.41, 5.74) is 0. The fourth-order valence-corrected chi connectivity index (χ4v) is 1.18. The molecule has 0 radical (unpaired) electrons. The van der Waals surface area contributed by atoms with Crippen molar-refractivity contribution in [2.45, 2.75) is 13.3 Å². The summed E-state index contributed by atoms with van der Waals surface area (Å²) >= 11 is 3.19. The number of carbonyl (C=O) groups excluding carboxylic acids is 2. The molecule has 0 saturated carbocycles. The summed E-state index contributed by atoms with van der Waals surface area (Å²) in [6.45, 7) is 5.65. The number of methoxy groups -OCH3 is 1. The van der Waals surface area contributed by atoms with E-state index in [0.717, 1.165) is 0 Å². The van der Waals surface area contributed by atoms with E-state index in [0.29, 0.717) is 17.5 Å². The number of hydrogen-bond acceptors (Lipinski definition) is 5. The first kappa shape index (κ1) is 15.7. The number of halogens is 1. The topological polar surface area (TPSA) is 61.8 Å². The van der Waals surface area contributed by atoms with E-state index in [2.05, 4.69) is 27.2 Å². The summed E-state index contributed by atoms with van der Waals surface area (Å²) in [7, 11) is 1.24. The van der Waals surface area contributed by atoms with Crippen molar-refractivity contribution in [2.24, 2.45) is 0 Å². The van der Waals surface area contributed by atoms with E-state index in [1.165, 1.54) is 13.2 Å². The SMILES string of the molecule is C=C(OCC/C(Br)=C/C(=O)OCC)C(=O)OC. The third-order valence-electron chi connectivity index (χ3n) is 1.59. The monoisotopic (exact) mass is 306 g/mol. The first-order chi connectivity index (χ1) is 8.01. The molecule has 0 N–H and O–H groups in total. The Morgan fingerprint density at radius 2 is 2.00 bits per heavy atom. The minimum atomic E-state index is -0.615. The maximum Gasteiger partial charge on any atom is 0.372 e. The van der Waals surface area contributed by atoms with Crippen LogP contribution in [-0.4, -0.2) is 32.3 Å². The highest BCUT2D eigenvalue weighted by Gasteiger charge is 2.07. The van der Waals surface area contributed by atoms with Crippen LogP contribution in [0.4, 0.5) is 0 Å². The lowest BCUT2D eigenvalue weighted by Gasteiger charge is -2.06. The van der Waals surface area contributed by atoms with Gasteiger partial charge in [-0.1, -0.05) is 15.9 Å². The molecule has 0 fully saturated rings. The average Bonchev–Trinajstić information content (AvgIpc) is 2.27. The van der Waals surface area contributed by atoms with Crippen LogP contribution in [0, 0.1) is 0 Å². The highest BCUT2D eigenvalue weighted by Crippen LogP contribution is 2.11. The second kappa shape index (κ2) is 8.81. The molecule has 0 aromatic rings. The number of hydrogen-bond donors (Lipinski definition) is 0. The molecule has 6 heteroatoms. The van der Waals surface area contributed by atoms with Gasteiger partial charge >= 0.3 is 11.9 Å². The molecular weight excluding hydrogens is 292 g/mol. The maximum absolute atomic E-state index is 11.0. The Balaban J connectivity index is 3.93. The third-order valence-corrected chi connectivity index (χ3v) is 2.22. The molecule has 0 rings (SSSR count). The van der Waals surface area contributed by atoms with E-state index in [1.807, 2.05) is 0 Å². The summed E-state index contributed by atoms with van der Waals surface area (Å²) in [5, 5.41) is 0. The number of ether oxygens (including phenoxy) is 3. The molecule has 0 bridgehead atoms. The van der Waals surface area contributed by atoms with Crippen molar-refractivity contribution in [3.05, 3.63) is 22.9 Å². The summed E-state index contributed by atoms with van der Waals surface area (Å²) < 4.78 is 14.8. The number of rotatable bonds is 7. The van der Waals surface area contributed by atoms with E-state index in [9.17, 15) is 9.59 Å². The molecule has 0 aliphatic carbocycles. The van der Waals surface area contributed by atoms with Gasteiger partial charge in [0.15, 0.2) is 5.76 Å². The van der Waals surface area contributed by atoms with Gasteiger partial charge < -0.3 is 14.2 Å². The largest absolute Gasteiger partial charge is 0.487 e. The molecule has 96 valence electrons. The smallest absolute Gasteiger partial charge is 0.372 e. The zero-order chi connectivity index (χ0) is 13.3. The molecule has 0 aromatic carbocycles. The Morgan fingerprint density at radius 1 is 1.35 bits per heavy atom. The van der Waals surface area contributed by atoms with Gasteiger partial charge in [-0.25, -0.2) is 9.59 Å². The number of esters is 2. The minimum absolute atomic E-state index is 0.0658. The molecule has 5 nitrogen and oxygen atoms in total. The lowest BCUT2D eigenvalue weighted by atomic mass is 10.4. The molecule has 0 saturated heterocycles. The minimum Gasteiger partial charge on any atom is -0.487 e. The van der Waals surface area contributed by atoms with Crippen LogP contribution in [0.2, 0.25) is 0 Å². The first-order valence-corrected chi connectivity index (χ1v) is 5.73. The summed E-state index contributed by atoms with van der Waals surface area (Å²) in [4.78, 5) is 21.9. The van der Waals surface area contributed by atoms with E-state index >= 15 is 0 Å². The van der Waals surface area contributed by atoms with E-state index in [-0.39, 0.29) is 12.4 Å². The van der Waals surface area contributed by atoms with Crippen molar-refractivity contribution in [2.75, 3.05) is 20.3 Å². The Morgan fingerprint density at radius 3 is 2.53 bits per heavy atom. The fraction of sp³-hybridized carbons (Fsp3) is 0.455. The normalized spacial score (nSPS) is 10.6. The highest BCUT2D eigenvalue weighted by atomic mass is 79.9. The predicted molar refractivity (Wildman–Crippen MR) is 65.4 cm³/mol. The van der Waals surface area contributed by atoms with Gasteiger partial charge in [0.1, 0.15) is 0 Å². The summed E-state index contributed by atoms with van der Waals surface area (Å²) in [6.07, 6.45) is 1.74. The number of carbonyl (C=O) groups is 2. The molecule has 17 heavy (non-hydrogen) atoms. The van der Waals surface area contributed by atoms with Gasteiger partial charge in [-0.3, -0.25) is 0 Å². The zero-order valence-corrected chi connectivity index (χ0v) is 11.4. The quantitative estimate of drug-likeness (QED) is 0.408. The molecular formula is C11H15BrO5. The van der Waals surface area contributed by atoms with E-state index in [1.54, 1.807) is 6.92 Å². The van der Waals surface area contributed by atoms with Crippen molar-refractivity contribution < 1.29 is 23.8 Å². The van der Waals surface area contributed by atoms with Crippen molar-refractivity contribution in [3.8, 4) is 0 Å². The molecule has 0 amide bonds.